The first-order valence-corrected chi connectivity index (χ1v) is 6.78. The van der Waals surface area contributed by atoms with Gasteiger partial charge in [-0.3, -0.25) is 0 Å². The number of fused-ring (bicyclic) bond motifs is 1. The summed E-state index contributed by atoms with van der Waals surface area (Å²) in [6, 6.07) is 5.69. The minimum atomic E-state index is -2.79. The van der Waals surface area contributed by atoms with Crippen LogP contribution in [0.15, 0.2) is 30.6 Å². The summed E-state index contributed by atoms with van der Waals surface area (Å²) < 4.78 is 20.2. The molecule has 16 heavy (non-hydrogen) atoms. The zero-order valence-electron chi connectivity index (χ0n) is 8.83. The van der Waals surface area contributed by atoms with E-state index in [1.54, 1.807) is 12.4 Å². The van der Waals surface area contributed by atoms with Gasteiger partial charge in [0.15, 0.2) is 5.65 Å². The highest BCUT2D eigenvalue weighted by Gasteiger charge is 1.98. The van der Waals surface area contributed by atoms with Crippen LogP contribution in [0.3, 0.4) is 0 Å². The van der Waals surface area contributed by atoms with E-state index in [-0.39, 0.29) is 0 Å². The van der Waals surface area contributed by atoms with Crippen molar-refractivity contribution in [2.45, 2.75) is 6.42 Å². The summed E-state index contributed by atoms with van der Waals surface area (Å²) >= 11 is 0. The topological polar surface area (TPSA) is 63.1 Å². The molecule has 0 saturated heterocycles. The third-order valence-corrected chi connectivity index (χ3v) is 2.92. The zero-order valence-corrected chi connectivity index (χ0v) is 9.65. The molecule has 0 fully saturated rings. The number of nitrogens with zero attached hydrogens (tertiary/aromatic N) is 2. The lowest BCUT2D eigenvalue weighted by molar-refractivity contribution is 0.566. The average molecular weight is 236 g/mol. The number of rotatable bonds is 2. The Balaban J connectivity index is 2.37. The molecule has 84 valence electrons. The normalized spacial score (nSPS) is 14.6. The molecule has 5 heteroatoms. The number of hydrogen-bond donors (Lipinski definition) is 1. The Labute approximate surface area is 94.2 Å². The van der Waals surface area contributed by atoms with E-state index >= 15 is 0 Å². The Kier molecular flexibility index (Phi) is 2.89. The number of hydrogen-bond acceptors (Lipinski definition) is 3. The first-order chi connectivity index (χ1) is 7.54. The van der Waals surface area contributed by atoms with Crippen molar-refractivity contribution in [2.24, 2.45) is 0 Å². The third kappa shape index (κ3) is 2.77. The molecule has 0 aliphatic heterocycles. The molecule has 0 amide bonds. The minimum absolute atomic E-state index is 0.434. The zero-order chi connectivity index (χ0) is 11.6. The van der Waals surface area contributed by atoms with Crippen molar-refractivity contribution in [3.05, 3.63) is 36.2 Å². The van der Waals surface area contributed by atoms with Crippen molar-refractivity contribution in [2.75, 3.05) is 6.26 Å². The lowest BCUT2D eigenvalue weighted by Crippen LogP contribution is -2.01. The second-order valence-corrected chi connectivity index (χ2v) is 5.68. The Morgan fingerprint density at radius 1 is 1.50 bits per heavy atom. The van der Waals surface area contributed by atoms with Gasteiger partial charge in [-0.25, -0.2) is 14.2 Å². The van der Waals surface area contributed by atoms with E-state index in [9.17, 15) is 4.21 Å². The van der Waals surface area contributed by atoms with Crippen LogP contribution in [-0.4, -0.2) is 30.4 Å². The average Bonchev–Trinajstić information content (AvgIpc) is 2.25. The Morgan fingerprint density at radius 2 is 2.31 bits per heavy atom. The van der Waals surface area contributed by atoms with Crippen molar-refractivity contribution < 1.29 is 8.76 Å². The molecular weight excluding hydrogens is 224 g/mol. The molecule has 4 nitrogen and oxygen atoms in total. The smallest absolute Gasteiger partial charge is 0.159 e. The van der Waals surface area contributed by atoms with Gasteiger partial charge in [0, 0.05) is 30.5 Å². The largest absolute Gasteiger partial charge is 0.314 e. The SMILES string of the molecule is CS(=O)(O)=CCc1cnc2ncccc2c1. The molecule has 0 saturated carbocycles. The number of aromatic nitrogens is 2. The molecule has 0 bridgehead atoms. The Bertz CT molecular complexity index is 623. The van der Waals surface area contributed by atoms with Crippen LogP contribution in [0, 0.1) is 0 Å². The maximum atomic E-state index is 11.1. The standard InChI is InChI=1S/C11H12N2O2S/c1-16(14,15)6-4-9-7-10-3-2-5-12-11(10)13-8-9/h2-3,5-8H,4H2,1H3,(H,14,15). The van der Waals surface area contributed by atoms with E-state index in [0.717, 1.165) is 10.9 Å². The third-order valence-electron chi connectivity index (χ3n) is 2.14. The molecule has 0 aliphatic rings. The van der Waals surface area contributed by atoms with Gasteiger partial charge in [0.05, 0.1) is 9.80 Å². The van der Waals surface area contributed by atoms with Crippen LogP contribution < -0.4 is 0 Å². The minimum Gasteiger partial charge on any atom is -0.314 e. The molecule has 2 aromatic rings. The molecule has 0 spiro atoms. The summed E-state index contributed by atoms with van der Waals surface area (Å²) in [5.41, 5.74) is 1.59. The first-order valence-electron chi connectivity index (χ1n) is 4.79. The van der Waals surface area contributed by atoms with Gasteiger partial charge >= 0.3 is 0 Å². The summed E-state index contributed by atoms with van der Waals surface area (Å²) in [5.74, 6) is 0. The van der Waals surface area contributed by atoms with Gasteiger partial charge in [-0.1, -0.05) is 0 Å². The van der Waals surface area contributed by atoms with Crippen molar-refractivity contribution in [3.63, 3.8) is 0 Å². The van der Waals surface area contributed by atoms with Crippen molar-refractivity contribution in [3.8, 4) is 0 Å². The highest BCUT2D eigenvalue weighted by atomic mass is 32.2. The fourth-order valence-electron chi connectivity index (χ4n) is 1.37. The van der Waals surface area contributed by atoms with Gasteiger partial charge in [0.1, 0.15) is 0 Å². The van der Waals surface area contributed by atoms with E-state index < -0.39 is 9.80 Å². The number of pyridine rings is 2. The van der Waals surface area contributed by atoms with Gasteiger partial charge in [-0.2, -0.15) is 0 Å². The molecule has 0 radical (unpaired) electrons. The van der Waals surface area contributed by atoms with Gasteiger partial charge in [-0.15, -0.1) is 0 Å². The lowest BCUT2D eigenvalue weighted by Gasteiger charge is -2.00. The molecule has 2 rings (SSSR count). The highest BCUT2D eigenvalue weighted by molar-refractivity contribution is 7.95. The Hall–Kier alpha value is -1.46. The predicted octanol–water partition coefficient (Wildman–Crippen LogP) is 1.36. The van der Waals surface area contributed by atoms with Gasteiger partial charge in [-0.05, 0) is 29.1 Å². The maximum Gasteiger partial charge on any atom is 0.159 e. The van der Waals surface area contributed by atoms with Gasteiger partial charge in [0.25, 0.3) is 0 Å². The first kappa shape index (κ1) is 11.0. The van der Waals surface area contributed by atoms with Crippen LogP contribution >= 0.6 is 0 Å². The summed E-state index contributed by atoms with van der Waals surface area (Å²) in [6.45, 7) is 0. The van der Waals surface area contributed by atoms with Crippen molar-refractivity contribution in [1.82, 2.24) is 9.97 Å². The molecule has 1 unspecified atom stereocenters. The molecular formula is C11H12N2O2S. The van der Waals surface area contributed by atoms with E-state index in [2.05, 4.69) is 9.97 Å². The van der Waals surface area contributed by atoms with E-state index in [1.807, 2.05) is 18.2 Å². The summed E-state index contributed by atoms with van der Waals surface area (Å²) in [6.07, 6.45) is 5.09. The predicted molar refractivity (Wildman–Crippen MR) is 66.0 cm³/mol. The van der Waals surface area contributed by atoms with Crippen molar-refractivity contribution in [1.29, 1.82) is 0 Å². The second kappa shape index (κ2) is 4.19. The quantitative estimate of drug-likeness (QED) is 0.800. The second-order valence-electron chi connectivity index (χ2n) is 3.63. The molecule has 0 aliphatic carbocycles. The molecule has 0 aromatic carbocycles. The van der Waals surface area contributed by atoms with E-state index in [0.29, 0.717) is 12.1 Å². The summed E-state index contributed by atoms with van der Waals surface area (Å²) in [4.78, 5) is 8.28. The van der Waals surface area contributed by atoms with E-state index in [1.165, 1.54) is 11.6 Å². The van der Waals surface area contributed by atoms with Crippen LogP contribution in [0.4, 0.5) is 0 Å². The van der Waals surface area contributed by atoms with Gasteiger partial charge < -0.3 is 4.55 Å². The van der Waals surface area contributed by atoms with Crippen LogP contribution in [-0.2, 0) is 16.2 Å². The summed E-state index contributed by atoms with van der Waals surface area (Å²) in [5, 5.41) is 2.33. The lowest BCUT2D eigenvalue weighted by atomic mass is 10.2. The molecule has 1 atom stereocenters. The fourth-order valence-corrected chi connectivity index (χ4v) is 1.88. The molecule has 2 heterocycles. The maximum absolute atomic E-state index is 11.1. The van der Waals surface area contributed by atoms with Crippen LogP contribution in [0.5, 0.6) is 0 Å². The van der Waals surface area contributed by atoms with Crippen molar-refractivity contribution >= 4 is 26.2 Å². The van der Waals surface area contributed by atoms with Crippen LogP contribution in [0.2, 0.25) is 0 Å². The van der Waals surface area contributed by atoms with Crippen LogP contribution in [0.1, 0.15) is 5.56 Å². The molecule has 1 N–H and O–H groups in total. The van der Waals surface area contributed by atoms with Gasteiger partial charge in [0.2, 0.25) is 0 Å². The summed E-state index contributed by atoms with van der Waals surface area (Å²) in [7, 11) is -2.79. The Morgan fingerprint density at radius 3 is 3.06 bits per heavy atom. The monoisotopic (exact) mass is 236 g/mol. The molecule has 2 aromatic heterocycles. The fraction of sp³-hybridized carbons (Fsp3) is 0.182. The highest BCUT2D eigenvalue weighted by Crippen LogP contribution is 2.10. The van der Waals surface area contributed by atoms with E-state index in [4.69, 9.17) is 4.55 Å². The van der Waals surface area contributed by atoms with Crippen LogP contribution in [0.25, 0.3) is 11.0 Å².